The highest BCUT2D eigenvalue weighted by molar-refractivity contribution is 7.84. The highest BCUT2D eigenvalue weighted by atomic mass is 32.2. The fraction of sp³-hybridized carbons (Fsp3) is 0.556. The molecule has 1 rings (SSSR count). The Morgan fingerprint density at radius 3 is 2.63 bits per heavy atom. The minimum absolute atomic E-state index is 0.0587. The molecule has 1 heterocycles. The normalized spacial score (nSPS) is 13.7. The Morgan fingerprint density at radius 1 is 1.53 bits per heavy atom. The molecule has 10 heteroatoms. The van der Waals surface area contributed by atoms with Gasteiger partial charge in [-0.05, 0) is 13.8 Å². The van der Waals surface area contributed by atoms with Crippen molar-refractivity contribution in [1.29, 1.82) is 0 Å². The lowest BCUT2D eigenvalue weighted by atomic mass is 10.3. The first-order valence-electron chi connectivity index (χ1n) is 5.41. The van der Waals surface area contributed by atoms with E-state index in [-0.39, 0.29) is 29.2 Å². The van der Waals surface area contributed by atoms with Crippen LogP contribution in [0.4, 0.5) is 17.5 Å². The third kappa shape index (κ3) is 4.10. The number of nitrogens with zero attached hydrogens (tertiary/aromatic N) is 3. The molecule has 0 aliphatic carbocycles. The number of aromatic nitrogens is 2. The summed E-state index contributed by atoms with van der Waals surface area (Å²) in [6.07, 6.45) is 1.56. The molecule has 19 heavy (non-hydrogen) atoms. The highest BCUT2D eigenvalue weighted by Crippen LogP contribution is 2.26. The first kappa shape index (κ1) is 15.2. The maximum atomic E-state index is 11.1. The van der Waals surface area contributed by atoms with Crippen LogP contribution in [0.1, 0.15) is 12.6 Å². The molecule has 106 valence electrons. The van der Waals surface area contributed by atoms with Gasteiger partial charge in [0.05, 0.1) is 4.92 Å². The van der Waals surface area contributed by atoms with Gasteiger partial charge >= 0.3 is 5.69 Å². The largest absolute Gasteiger partial charge is 0.361 e. The van der Waals surface area contributed by atoms with E-state index in [1.807, 2.05) is 0 Å². The van der Waals surface area contributed by atoms with E-state index in [1.54, 1.807) is 13.2 Å². The molecule has 2 unspecified atom stereocenters. The second-order valence-electron chi connectivity index (χ2n) is 4.02. The number of aryl methyl sites for hydroxylation is 1. The summed E-state index contributed by atoms with van der Waals surface area (Å²) in [4.78, 5) is 18.2. The van der Waals surface area contributed by atoms with E-state index in [0.717, 1.165) is 0 Å². The van der Waals surface area contributed by atoms with E-state index in [0.29, 0.717) is 5.75 Å². The zero-order valence-corrected chi connectivity index (χ0v) is 11.7. The SMILES string of the molecule is Cc1nc(NN)nc(NC(C)CS(C)=O)c1[N+](=O)[O-]. The van der Waals surface area contributed by atoms with Gasteiger partial charge in [-0.25, -0.2) is 10.8 Å². The van der Waals surface area contributed by atoms with Crippen LogP contribution in [0.25, 0.3) is 0 Å². The molecule has 4 N–H and O–H groups in total. The molecule has 0 amide bonds. The monoisotopic (exact) mass is 288 g/mol. The second-order valence-corrected chi connectivity index (χ2v) is 5.50. The molecule has 0 radical (unpaired) electrons. The average Bonchev–Trinajstić information content (AvgIpc) is 2.26. The summed E-state index contributed by atoms with van der Waals surface area (Å²) in [6, 6.07) is -0.232. The number of anilines is 2. The van der Waals surface area contributed by atoms with E-state index in [1.165, 1.54) is 6.92 Å². The van der Waals surface area contributed by atoms with Crippen molar-refractivity contribution in [1.82, 2.24) is 9.97 Å². The van der Waals surface area contributed by atoms with Crippen LogP contribution in [0.3, 0.4) is 0 Å². The lowest BCUT2D eigenvalue weighted by Crippen LogP contribution is -2.24. The van der Waals surface area contributed by atoms with Crippen LogP contribution >= 0.6 is 0 Å². The minimum atomic E-state index is -1.02. The minimum Gasteiger partial charge on any atom is -0.361 e. The van der Waals surface area contributed by atoms with Gasteiger partial charge in [0.25, 0.3) is 0 Å². The Morgan fingerprint density at radius 2 is 2.16 bits per heavy atom. The Kier molecular flexibility index (Phi) is 5.12. The van der Waals surface area contributed by atoms with Gasteiger partial charge in [0, 0.05) is 28.9 Å². The van der Waals surface area contributed by atoms with E-state index in [4.69, 9.17) is 5.84 Å². The molecule has 0 bridgehead atoms. The fourth-order valence-electron chi connectivity index (χ4n) is 1.58. The van der Waals surface area contributed by atoms with Crippen LogP contribution in [-0.4, -0.2) is 37.2 Å². The summed E-state index contributed by atoms with van der Waals surface area (Å²) < 4.78 is 11.1. The number of nitro groups is 1. The Hall–Kier alpha value is -1.81. The summed E-state index contributed by atoms with van der Waals surface area (Å²) in [5.74, 6) is 5.69. The molecule has 0 aromatic carbocycles. The van der Waals surface area contributed by atoms with Crippen LogP contribution in [0.5, 0.6) is 0 Å². The fourth-order valence-corrected chi connectivity index (χ4v) is 2.37. The van der Waals surface area contributed by atoms with Gasteiger partial charge < -0.3 is 5.32 Å². The van der Waals surface area contributed by atoms with Crippen LogP contribution in [0.2, 0.25) is 0 Å². The van der Waals surface area contributed by atoms with Crippen LogP contribution in [-0.2, 0) is 10.8 Å². The predicted molar refractivity (Wildman–Crippen MR) is 73.3 cm³/mol. The number of nitrogen functional groups attached to an aromatic ring is 1. The lowest BCUT2D eigenvalue weighted by molar-refractivity contribution is -0.385. The summed E-state index contributed by atoms with van der Waals surface area (Å²) >= 11 is 0. The Balaban J connectivity index is 3.12. The van der Waals surface area contributed by atoms with Gasteiger partial charge in [-0.2, -0.15) is 4.98 Å². The van der Waals surface area contributed by atoms with Crippen molar-refractivity contribution < 1.29 is 9.13 Å². The van der Waals surface area contributed by atoms with Crippen LogP contribution in [0, 0.1) is 17.0 Å². The quantitative estimate of drug-likeness (QED) is 0.382. The number of rotatable bonds is 6. The zero-order valence-electron chi connectivity index (χ0n) is 10.8. The van der Waals surface area contributed by atoms with Crippen molar-refractivity contribution in [3.63, 3.8) is 0 Å². The summed E-state index contributed by atoms with van der Waals surface area (Å²) in [6.45, 7) is 3.26. The van der Waals surface area contributed by atoms with E-state index < -0.39 is 15.7 Å². The third-order valence-corrected chi connectivity index (χ3v) is 3.21. The third-order valence-electron chi connectivity index (χ3n) is 2.24. The molecule has 0 spiro atoms. The molecule has 1 aromatic heterocycles. The van der Waals surface area contributed by atoms with Crippen LogP contribution < -0.4 is 16.6 Å². The first-order valence-corrected chi connectivity index (χ1v) is 7.14. The van der Waals surface area contributed by atoms with Gasteiger partial charge in [-0.15, -0.1) is 0 Å². The molecule has 0 aliphatic rings. The van der Waals surface area contributed by atoms with Crippen molar-refractivity contribution in [3.05, 3.63) is 15.8 Å². The van der Waals surface area contributed by atoms with Gasteiger partial charge in [0.15, 0.2) is 0 Å². The molecule has 2 atom stereocenters. The topological polar surface area (TPSA) is 136 Å². The first-order chi connectivity index (χ1) is 8.85. The number of hydrazine groups is 1. The van der Waals surface area contributed by atoms with Crippen molar-refractivity contribution >= 4 is 28.3 Å². The Bertz CT molecular complexity index is 509. The summed E-state index contributed by atoms with van der Waals surface area (Å²) in [7, 11) is -1.02. The van der Waals surface area contributed by atoms with Crippen molar-refractivity contribution in [2.45, 2.75) is 19.9 Å². The molecular formula is C9H16N6O3S. The maximum absolute atomic E-state index is 11.1. The maximum Gasteiger partial charge on any atom is 0.332 e. The molecule has 0 saturated heterocycles. The molecule has 1 aromatic rings. The second kappa shape index (κ2) is 6.38. The highest BCUT2D eigenvalue weighted by Gasteiger charge is 2.23. The van der Waals surface area contributed by atoms with Gasteiger partial charge in [0.2, 0.25) is 11.8 Å². The molecule has 0 saturated carbocycles. The number of hydrogen-bond donors (Lipinski definition) is 3. The molecule has 9 nitrogen and oxygen atoms in total. The van der Waals surface area contributed by atoms with Gasteiger partial charge in [0.1, 0.15) is 5.69 Å². The van der Waals surface area contributed by atoms with Crippen molar-refractivity contribution in [2.24, 2.45) is 5.84 Å². The molecule has 0 fully saturated rings. The molecule has 0 aliphatic heterocycles. The van der Waals surface area contributed by atoms with Gasteiger partial charge in [-0.3, -0.25) is 19.7 Å². The summed E-state index contributed by atoms with van der Waals surface area (Å²) in [5.41, 5.74) is 2.22. The van der Waals surface area contributed by atoms with Crippen LogP contribution in [0.15, 0.2) is 0 Å². The van der Waals surface area contributed by atoms with Crippen molar-refractivity contribution in [2.75, 3.05) is 22.8 Å². The lowest BCUT2D eigenvalue weighted by Gasteiger charge is -2.14. The van der Waals surface area contributed by atoms with E-state index >= 15 is 0 Å². The van der Waals surface area contributed by atoms with E-state index in [2.05, 4.69) is 20.7 Å². The molecular weight excluding hydrogens is 272 g/mol. The number of nitrogens with two attached hydrogens (primary N) is 1. The van der Waals surface area contributed by atoms with E-state index in [9.17, 15) is 14.3 Å². The Labute approximate surface area is 112 Å². The standard InChI is InChI=1S/C9H16N6O3S/c1-5(4-19(3)18)11-8-7(15(16)17)6(2)12-9(13-8)14-10/h5H,4,10H2,1-3H3,(H2,11,12,13,14). The number of hydrogen-bond acceptors (Lipinski definition) is 8. The zero-order chi connectivity index (χ0) is 14.6. The number of nitrogens with one attached hydrogen (secondary N) is 2. The van der Waals surface area contributed by atoms with Gasteiger partial charge in [-0.1, -0.05) is 0 Å². The predicted octanol–water partition coefficient (Wildman–Crippen LogP) is 0.158. The summed E-state index contributed by atoms with van der Waals surface area (Å²) in [5, 5.41) is 13.9. The average molecular weight is 288 g/mol. The smallest absolute Gasteiger partial charge is 0.332 e. The van der Waals surface area contributed by atoms with Crippen molar-refractivity contribution in [3.8, 4) is 0 Å².